The van der Waals surface area contributed by atoms with Crippen LogP contribution in [0, 0.1) is 18.3 Å². The first kappa shape index (κ1) is 11.0. The first-order chi connectivity index (χ1) is 8.28. The predicted molar refractivity (Wildman–Crippen MR) is 64.9 cm³/mol. The average Bonchev–Trinajstić information content (AvgIpc) is 2.78. The highest BCUT2D eigenvalue weighted by Crippen LogP contribution is 2.15. The van der Waals surface area contributed by atoms with Crippen LogP contribution in [0.5, 0.6) is 0 Å². The average molecular weight is 228 g/mol. The fraction of sp³-hybridized carbons (Fsp3) is 0.182. The van der Waals surface area contributed by atoms with Crippen molar-refractivity contribution in [3.63, 3.8) is 0 Å². The summed E-state index contributed by atoms with van der Waals surface area (Å²) in [6.45, 7) is 2.02. The van der Waals surface area contributed by atoms with E-state index in [1.165, 1.54) is 0 Å². The van der Waals surface area contributed by atoms with Crippen LogP contribution in [0.1, 0.15) is 5.82 Å². The molecule has 6 heteroatoms. The number of aryl methyl sites for hydroxylation is 1. The quantitative estimate of drug-likeness (QED) is 0.694. The number of hydrogen-bond donors (Lipinski definition) is 3. The van der Waals surface area contributed by atoms with E-state index in [1.807, 2.05) is 24.4 Å². The van der Waals surface area contributed by atoms with Gasteiger partial charge in [-0.05, 0) is 19.1 Å². The van der Waals surface area contributed by atoms with Crippen LogP contribution in [-0.2, 0) is 0 Å². The van der Waals surface area contributed by atoms with Crippen molar-refractivity contribution in [2.24, 2.45) is 0 Å². The van der Waals surface area contributed by atoms with Crippen LogP contribution in [0.3, 0.4) is 0 Å². The number of rotatable bonds is 4. The Kier molecular flexibility index (Phi) is 3.21. The molecule has 0 aliphatic heterocycles. The fourth-order valence-electron chi connectivity index (χ4n) is 1.40. The first-order valence-electron chi connectivity index (χ1n) is 5.15. The van der Waals surface area contributed by atoms with Gasteiger partial charge >= 0.3 is 0 Å². The number of nitrogens with one attached hydrogen (secondary N) is 3. The molecule has 0 aliphatic rings. The van der Waals surface area contributed by atoms with Gasteiger partial charge in [-0.15, -0.1) is 0 Å². The summed E-state index contributed by atoms with van der Waals surface area (Å²) in [6, 6.07) is 7.55. The summed E-state index contributed by atoms with van der Waals surface area (Å²) in [5.74, 6) is 2.81. The van der Waals surface area contributed by atoms with E-state index in [4.69, 9.17) is 5.26 Å². The highest BCUT2D eigenvalue weighted by molar-refractivity contribution is 5.56. The van der Waals surface area contributed by atoms with Gasteiger partial charge in [0.1, 0.15) is 29.8 Å². The molecular formula is C11H12N6. The molecule has 0 unspecified atom stereocenters. The van der Waals surface area contributed by atoms with Crippen molar-refractivity contribution in [2.75, 3.05) is 17.2 Å². The van der Waals surface area contributed by atoms with Crippen molar-refractivity contribution >= 4 is 17.5 Å². The molecule has 86 valence electrons. The molecule has 2 heterocycles. The Morgan fingerprint density at radius 1 is 1.41 bits per heavy atom. The molecule has 3 N–H and O–H groups in total. The van der Waals surface area contributed by atoms with Gasteiger partial charge in [-0.25, -0.2) is 9.97 Å². The van der Waals surface area contributed by atoms with Gasteiger partial charge in [0, 0.05) is 12.3 Å². The zero-order valence-electron chi connectivity index (χ0n) is 9.36. The minimum atomic E-state index is 0.221. The number of hydrogen-bond acceptors (Lipinski definition) is 5. The zero-order chi connectivity index (χ0) is 12.1. The minimum absolute atomic E-state index is 0.221. The van der Waals surface area contributed by atoms with Crippen molar-refractivity contribution in [2.45, 2.75) is 6.92 Å². The fourth-order valence-corrected chi connectivity index (χ4v) is 1.40. The van der Waals surface area contributed by atoms with Crippen molar-refractivity contribution < 1.29 is 0 Å². The smallest absolute Gasteiger partial charge is 0.137 e. The summed E-state index contributed by atoms with van der Waals surface area (Å²) in [5.41, 5.74) is 0. The summed E-state index contributed by atoms with van der Waals surface area (Å²) in [5, 5.41) is 14.5. The maximum atomic E-state index is 8.50. The van der Waals surface area contributed by atoms with E-state index in [0.29, 0.717) is 17.5 Å². The van der Waals surface area contributed by atoms with Crippen LogP contribution in [0.2, 0.25) is 0 Å². The number of anilines is 3. The summed E-state index contributed by atoms with van der Waals surface area (Å²) < 4.78 is 0. The number of H-pyrrole nitrogens is 1. The number of nitriles is 1. The lowest BCUT2D eigenvalue weighted by Crippen LogP contribution is -2.04. The molecule has 2 rings (SSSR count). The molecule has 0 atom stereocenters. The summed E-state index contributed by atoms with van der Waals surface area (Å²) in [7, 11) is 0. The second-order valence-electron chi connectivity index (χ2n) is 3.41. The van der Waals surface area contributed by atoms with Gasteiger partial charge in [-0.2, -0.15) is 5.26 Å². The molecule has 0 amide bonds. The van der Waals surface area contributed by atoms with Gasteiger partial charge in [0.25, 0.3) is 0 Å². The Hall–Kier alpha value is -2.55. The molecule has 0 saturated heterocycles. The molecule has 0 radical (unpaired) electrons. The Morgan fingerprint density at radius 2 is 2.24 bits per heavy atom. The normalized spacial score (nSPS) is 9.65. The molecule has 0 aromatic carbocycles. The van der Waals surface area contributed by atoms with Gasteiger partial charge < -0.3 is 15.6 Å². The van der Waals surface area contributed by atoms with Gasteiger partial charge in [0.2, 0.25) is 0 Å². The third kappa shape index (κ3) is 2.95. The molecule has 0 bridgehead atoms. The molecule has 2 aromatic rings. The highest BCUT2D eigenvalue weighted by atomic mass is 15.1. The maximum absolute atomic E-state index is 8.50. The van der Waals surface area contributed by atoms with Crippen LogP contribution >= 0.6 is 0 Å². The topological polar surface area (TPSA) is 89.4 Å². The van der Waals surface area contributed by atoms with E-state index in [-0.39, 0.29) is 6.54 Å². The Morgan fingerprint density at radius 3 is 2.94 bits per heavy atom. The SMILES string of the molecule is Cc1nc(NCC#N)cc(Nc2ccc[nH]2)n1. The van der Waals surface area contributed by atoms with E-state index in [9.17, 15) is 0 Å². The second kappa shape index (κ2) is 4.99. The van der Waals surface area contributed by atoms with E-state index >= 15 is 0 Å². The summed E-state index contributed by atoms with van der Waals surface area (Å²) >= 11 is 0. The van der Waals surface area contributed by atoms with Gasteiger partial charge in [0.15, 0.2) is 0 Å². The van der Waals surface area contributed by atoms with Crippen molar-refractivity contribution in [3.05, 3.63) is 30.2 Å². The van der Waals surface area contributed by atoms with E-state index in [0.717, 1.165) is 5.82 Å². The summed E-state index contributed by atoms with van der Waals surface area (Å²) in [4.78, 5) is 11.5. The maximum Gasteiger partial charge on any atom is 0.137 e. The molecule has 0 fully saturated rings. The van der Waals surface area contributed by atoms with Crippen LogP contribution in [0.4, 0.5) is 17.5 Å². The first-order valence-corrected chi connectivity index (χ1v) is 5.15. The van der Waals surface area contributed by atoms with E-state index in [2.05, 4.69) is 25.6 Å². The lowest BCUT2D eigenvalue weighted by atomic mass is 10.4. The van der Waals surface area contributed by atoms with Gasteiger partial charge in [-0.3, -0.25) is 0 Å². The Labute approximate surface area is 98.7 Å². The molecule has 0 aliphatic carbocycles. The molecular weight excluding hydrogens is 216 g/mol. The summed E-state index contributed by atoms with van der Waals surface area (Å²) in [6.07, 6.45) is 1.82. The number of nitrogens with zero attached hydrogens (tertiary/aromatic N) is 3. The number of aromatic amines is 1. The van der Waals surface area contributed by atoms with Crippen LogP contribution in [-0.4, -0.2) is 21.5 Å². The van der Waals surface area contributed by atoms with Crippen LogP contribution in [0.15, 0.2) is 24.4 Å². The van der Waals surface area contributed by atoms with Crippen molar-refractivity contribution in [1.82, 2.24) is 15.0 Å². The molecule has 0 saturated carbocycles. The highest BCUT2D eigenvalue weighted by Gasteiger charge is 2.02. The lowest BCUT2D eigenvalue weighted by molar-refractivity contribution is 1.05. The van der Waals surface area contributed by atoms with E-state index in [1.54, 1.807) is 13.0 Å². The largest absolute Gasteiger partial charge is 0.357 e. The zero-order valence-corrected chi connectivity index (χ0v) is 9.36. The van der Waals surface area contributed by atoms with Crippen molar-refractivity contribution in [3.8, 4) is 6.07 Å². The van der Waals surface area contributed by atoms with Gasteiger partial charge in [-0.1, -0.05) is 0 Å². The molecule has 6 nitrogen and oxygen atoms in total. The third-order valence-corrected chi connectivity index (χ3v) is 2.05. The van der Waals surface area contributed by atoms with Crippen LogP contribution < -0.4 is 10.6 Å². The molecule has 0 spiro atoms. The standard InChI is InChI=1S/C11H12N6/c1-8-15-10(14-6-4-12)7-11(16-8)17-9-3-2-5-13-9/h2-3,5,7,13H,6H2,1H3,(H2,14,15,16,17). The second-order valence-corrected chi connectivity index (χ2v) is 3.41. The van der Waals surface area contributed by atoms with E-state index < -0.39 is 0 Å². The lowest BCUT2D eigenvalue weighted by Gasteiger charge is -2.07. The van der Waals surface area contributed by atoms with Gasteiger partial charge in [0.05, 0.1) is 6.07 Å². The van der Waals surface area contributed by atoms with Crippen LogP contribution in [0.25, 0.3) is 0 Å². The third-order valence-electron chi connectivity index (χ3n) is 2.05. The molecule has 2 aromatic heterocycles. The van der Waals surface area contributed by atoms with Crippen molar-refractivity contribution in [1.29, 1.82) is 5.26 Å². The Balaban J connectivity index is 2.17. The monoisotopic (exact) mass is 228 g/mol. The predicted octanol–water partition coefficient (Wildman–Crippen LogP) is 1.79. The Bertz CT molecular complexity index is 525. The minimum Gasteiger partial charge on any atom is -0.357 e. The number of aromatic nitrogens is 3. The molecule has 17 heavy (non-hydrogen) atoms.